The van der Waals surface area contributed by atoms with Crippen molar-refractivity contribution in [2.24, 2.45) is 0 Å². The molecule has 0 bridgehead atoms. The first-order valence-electron chi connectivity index (χ1n) is 10.2. The lowest BCUT2D eigenvalue weighted by atomic mass is 10.00. The number of aromatic nitrogens is 2. The number of piperidine rings is 1. The number of amides is 1. The van der Waals surface area contributed by atoms with Crippen molar-refractivity contribution in [3.63, 3.8) is 0 Å². The molecular formula is C22H28N4O2. The monoisotopic (exact) mass is 380 g/mol. The zero-order chi connectivity index (χ0) is 19.5. The summed E-state index contributed by atoms with van der Waals surface area (Å²) in [6.45, 7) is 6.36. The number of carbonyl (C=O) groups excluding carboxylic acids is 1. The predicted molar refractivity (Wildman–Crippen MR) is 107 cm³/mol. The van der Waals surface area contributed by atoms with E-state index in [0.717, 1.165) is 62.6 Å². The van der Waals surface area contributed by atoms with E-state index in [4.69, 9.17) is 9.72 Å². The van der Waals surface area contributed by atoms with Gasteiger partial charge in [-0.1, -0.05) is 17.7 Å². The van der Waals surface area contributed by atoms with Gasteiger partial charge < -0.3 is 15.0 Å². The Bertz CT molecular complexity index is 837. The molecule has 4 rings (SSSR count). The predicted octanol–water partition coefficient (Wildman–Crippen LogP) is 2.95. The van der Waals surface area contributed by atoms with Crippen molar-refractivity contribution in [3.05, 3.63) is 53.1 Å². The van der Waals surface area contributed by atoms with E-state index >= 15 is 0 Å². The van der Waals surface area contributed by atoms with Crippen molar-refractivity contribution < 1.29 is 9.53 Å². The van der Waals surface area contributed by atoms with Gasteiger partial charge in [0.1, 0.15) is 5.75 Å². The van der Waals surface area contributed by atoms with Gasteiger partial charge in [0.15, 0.2) is 11.9 Å². The van der Waals surface area contributed by atoms with Crippen molar-refractivity contribution in [1.29, 1.82) is 0 Å². The third-order valence-electron chi connectivity index (χ3n) is 5.59. The van der Waals surface area contributed by atoms with Gasteiger partial charge in [-0.05, 0) is 45.2 Å². The van der Waals surface area contributed by atoms with Crippen LogP contribution < -0.4 is 10.1 Å². The maximum Gasteiger partial charge on any atom is 0.263 e. The van der Waals surface area contributed by atoms with Crippen LogP contribution >= 0.6 is 0 Å². The van der Waals surface area contributed by atoms with Crippen molar-refractivity contribution in [2.75, 3.05) is 13.1 Å². The molecule has 6 heteroatoms. The van der Waals surface area contributed by atoms with Gasteiger partial charge >= 0.3 is 0 Å². The third kappa shape index (κ3) is 4.02. The molecule has 2 aromatic rings. The molecule has 1 fully saturated rings. The van der Waals surface area contributed by atoms with E-state index in [1.54, 1.807) is 0 Å². The van der Waals surface area contributed by atoms with Crippen LogP contribution in [0.5, 0.6) is 5.75 Å². The number of hydrogen-bond donors (Lipinski definition) is 1. The molecule has 1 aromatic heterocycles. The van der Waals surface area contributed by atoms with Crippen molar-refractivity contribution in [3.8, 4) is 5.75 Å². The Kier molecular flexibility index (Phi) is 5.57. The molecule has 1 N–H and O–H groups in total. The highest BCUT2D eigenvalue weighted by Gasteiger charge is 2.33. The lowest BCUT2D eigenvalue weighted by Crippen LogP contribution is -2.45. The molecule has 148 valence electrons. The second-order valence-corrected chi connectivity index (χ2v) is 7.74. The smallest absolute Gasteiger partial charge is 0.263 e. The second kappa shape index (κ2) is 8.27. The maximum absolute atomic E-state index is 13.2. The number of benzene rings is 1. The van der Waals surface area contributed by atoms with Crippen molar-refractivity contribution in [2.45, 2.75) is 58.2 Å². The quantitative estimate of drug-likeness (QED) is 0.883. The molecule has 0 spiro atoms. The summed E-state index contributed by atoms with van der Waals surface area (Å²) >= 11 is 0. The Labute approximate surface area is 166 Å². The number of hydrogen-bond acceptors (Lipinski definition) is 5. The summed E-state index contributed by atoms with van der Waals surface area (Å²) in [6, 6.07) is 7.74. The molecule has 1 amide bonds. The molecule has 3 heterocycles. The van der Waals surface area contributed by atoms with Crippen LogP contribution in [0.15, 0.2) is 30.5 Å². The topological polar surface area (TPSA) is 67.3 Å². The van der Waals surface area contributed by atoms with Gasteiger partial charge in [-0.2, -0.15) is 0 Å². The first-order chi connectivity index (χ1) is 13.6. The van der Waals surface area contributed by atoms with Gasteiger partial charge in [0.05, 0.1) is 6.04 Å². The minimum Gasteiger partial charge on any atom is -0.481 e. The van der Waals surface area contributed by atoms with E-state index in [2.05, 4.69) is 10.3 Å². The zero-order valence-electron chi connectivity index (χ0n) is 16.6. The van der Waals surface area contributed by atoms with Crippen molar-refractivity contribution in [1.82, 2.24) is 20.2 Å². The highest BCUT2D eigenvalue weighted by atomic mass is 16.5. The third-order valence-corrected chi connectivity index (χ3v) is 5.59. The normalized spacial score (nSPS) is 20.4. The van der Waals surface area contributed by atoms with Crippen LogP contribution in [-0.4, -0.2) is 40.0 Å². The summed E-state index contributed by atoms with van der Waals surface area (Å²) in [5.41, 5.74) is 3.45. The molecule has 0 saturated carbocycles. The molecule has 6 nitrogen and oxygen atoms in total. The molecule has 1 aromatic carbocycles. The summed E-state index contributed by atoms with van der Waals surface area (Å²) in [7, 11) is 0. The molecule has 0 aliphatic carbocycles. The number of fused-ring (bicyclic) bond motifs is 1. The van der Waals surface area contributed by atoms with Gasteiger partial charge in [0, 0.05) is 43.5 Å². The van der Waals surface area contributed by atoms with E-state index in [0.29, 0.717) is 0 Å². The first kappa shape index (κ1) is 18.9. The maximum atomic E-state index is 13.2. The molecule has 2 aliphatic heterocycles. The Morgan fingerprint density at radius 1 is 1.29 bits per heavy atom. The fraction of sp³-hybridized carbons (Fsp3) is 0.500. The average molecular weight is 380 g/mol. The summed E-state index contributed by atoms with van der Waals surface area (Å²) < 4.78 is 5.92. The standard InChI is InChI=1S/C22H28N4O2/c1-15-6-8-18(9-7-15)28-16(2)22(27)26-12-4-3-5-20(26)21-24-14-17-13-23-11-10-19(17)25-21/h6-9,14,16,20,23H,3-5,10-13H2,1-2H3/t16-,20-/m0/s1. The summed E-state index contributed by atoms with van der Waals surface area (Å²) in [6.07, 6.45) is 5.30. The van der Waals surface area contributed by atoms with E-state index in [1.165, 1.54) is 11.1 Å². The molecule has 0 radical (unpaired) electrons. The number of aryl methyl sites for hydroxylation is 1. The van der Waals surface area contributed by atoms with Crippen LogP contribution in [0.4, 0.5) is 0 Å². The molecule has 2 atom stereocenters. The highest BCUT2D eigenvalue weighted by molar-refractivity contribution is 5.81. The Morgan fingerprint density at radius 3 is 2.93 bits per heavy atom. The van der Waals surface area contributed by atoms with Crippen LogP contribution in [0.3, 0.4) is 0 Å². The van der Waals surface area contributed by atoms with E-state index in [1.807, 2.05) is 49.2 Å². The summed E-state index contributed by atoms with van der Waals surface area (Å²) in [5.74, 6) is 1.50. The fourth-order valence-electron chi connectivity index (χ4n) is 3.98. The number of rotatable bonds is 4. The Hall–Kier alpha value is -2.47. The van der Waals surface area contributed by atoms with E-state index in [-0.39, 0.29) is 11.9 Å². The molecule has 28 heavy (non-hydrogen) atoms. The van der Waals surface area contributed by atoms with E-state index < -0.39 is 6.10 Å². The van der Waals surface area contributed by atoms with Gasteiger partial charge in [0.25, 0.3) is 5.91 Å². The SMILES string of the molecule is Cc1ccc(O[C@@H](C)C(=O)N2CCCC[C@H]2c2ncc3c(n2)CCNC3)cc1. The lowest BCUT2D eigenvalue weighted by molar-refractivity contribution is -0.142. The second-order valence-electron chi connectivity index (χ2n) is 7.74. The minimum atomic E-state index is -0.537. The number of nitrogens with zero attached hydrogens (tertiary/aromatic N) is 3. The molecule has 1 saturated heterocycles. The minimum absolute atomic E-state index is 0.00765. The summed E-state index contributed by atoms with van der Waals surface area (Å²) in [4.78, 5) is 24.6. The zero-order valence-corrected chi connectivity index (χ0v) is 16.6. The molecule has 0 unspecified atom stereocenters. The number of carbonyl (C=O) groups is 1. The van der Waals surface area contributed by atoms with Gasteiger partial charge in [-0.15, -0.1) is 0 Å². The van der Waals surface area contributed by atoms with Crippen LogP contribution in [0.2, 0.25) is 0 Å². The Morgan fingerprint density at radius 2 is 2.11 bits per heavy atom. The Balaban J connectivity index is 1.51. The average Bonchev–Trinajstić information content (AvgIpc) is 2.74. The van der Waals surface area contributed by atoms with Crippen LogP contribution in [-0.2, 0) is 17.8 Å². The number of nitrogens with one attached hydrogen (secondary N) is 1. The highest BCUT2D eigenvalue weighted by Crippen LogP contribution is 2.30. The van der Waals surface area contributed by atoms with Crippen LogP contribution in [0.25, 0.3) is 0 Å². The lowest BCUT2D eigenvalue weighted by Gasteiger charge is -2.36. The van der Waals surface area contributed by atoms with Gasteiger partial charge in [-0.3, -0.25) is 4.79 Å². The molecule has 2 aliphatic rings. The van der Waals surface area contributed by atoms with Gasteiger partial charge in [0.2, 0.25) is 0 Å². The van der Waals surface area contributed by atoms with Crippen LogP contribution in [0.1, 0.15) is 54.9 Å². The molecular weight excluding hydrogens is 352 g/mol. The number of likely N-dealkylation sites (tertiary alicyclic amines) is 1. The fourth-order valence-corrected chi connectivity index (χ4v) is 3.98. The van der Waals surface area contributed by atoms with Crippen molar-refractivity contribution >= 4 is 5.91 Å². The summed E-state index contributed by atoms with van der Waals surface area (Å²) in [5, 5.41) is 3.35. The van der Waals surface area contributed by atoms with Gasteiger partial charge in [-0.25, -0.2) is 9.97 Å². The largest absolute Gasteiger partial charge is 0.481 e. The first-order valence-corrected chi connectivity index (χ1v) is 10.2. The number of ether oxygens (including phenoxy) is 1. The van der Waals surface area contributed by atoms with Crippen LogP contribution in [0, 0.1) is 6.92 Å². The van der Waals surface area contributed by atoms with E-state index in [9.17, 15) is 4.79 Å².